The highest BCUT2D eigenvalue weighted by molar-refractivity contribution is 7.86. The van der Waals surface area contributed by atoms with Gasteiger partial charge in [0.1, 0.15) is 22.6 Å². The molecule has 42 heavy (non-hydrogen) atoms. The first kappa shape index (κ1) is 34.2. The van der Waals surface area contributed by atoms with Crippen LogP contribution in [-0.4, -0.2) is 62.4 Å². The maximum Gasteiger partial charge on any atom is 0.270 e. The van der Waals surface area contributed by atoms with Gasteiger partial charge in [0.05, 0.1) is 24.8 Å². The van der Waals surface area contributed by atoms with Crippen LogP contribution in [0.25, 0.3) is 0 Å². The fourth-order valence-corrected chi connectivity index (χ4v) is 8.69. The van der Waals surface area contributed by atoms with Gasteiger partial charge in [0.15, 0.2) is 8.32 Å². The lowest BCUT2D eigenvalue weighted by Gasteiger charge is -2.50. The molecule has 0 saturated heterocycles. The highest BCUT2D eigenvalue weighted by atomic mass is 32.2. The first-order valence-corrected chi connectivity index (χ1v) is 18.8. The highest BCUT2D eigenvalue weighted by Gasteiger charge is 2.58. The number of allylic oxidation sites excluding steroid dienone is 1. The first-order chi connectivity index (χ1) is 19.2. The number of hydrogen-bond acceptors (Lipinski definition) is 8. The molecule has 1 aliphatic rings. The predicted octanol–water partition coefficient (Wildman–Crippen LogP) is 5.78. The minimum absolute atomic E-state index is 0.162. The van der Waals surface area contributed by atoms with Gasteiger partial charge in [-0.3, -0.25) is 4.55 Å². The third-order valence-electron chi connectivity index (χ3n) is 8.97. The van der Waals surface area contributed by atoms with E-state index in [1.54, 1.807) is 40.1 Å². The summed E-state index contributed by atoms with van der Waals surface area (Å²) >= 11 is 0. The molecule has 0 radical (unpaired) electrons. The number of hydrogen-bond donors (Lipinski definition) is 2. The Morgan fingerprint density at radius 3 is 2.38 bits per heavy atom. The molecule has 0 amide bonds. The number of methoxy groups -OCH3 is 1. The molecule has 3 atom stereocenters. The van der Waals surface area contributed by atoms with Crippen molar-refractivity contribution in [3.8, 4) is 11.5 Å². The molecule has 1 heterocycles. The normalized spacial score (nSPS) is 23.7. The van der Waals surface area contributed by atoms with Gasteiger partial charge < -0.3 is 19.6 Å². The summed E-state index contributed by atoms with van der Waals surface area (Å²) < 4.78 is 54.5. The van der Waals surface area contributed by atoms with Gasteiger partial charge in [0.25, 0.3) is 10.1 Å². The van der Waals surface area contributed by atoms with Crippen molar-refractivity contribution in [1.82, 2.24) is 9.97 Å². The summed E-state index contributed by atoms with van der Waals surface area (Å²) in [5.41, 5.74) is 7.28. The summed E-state index contributed by atoms with van der Waals surface area (Å²) in [6.45, 7) is 19.5. The third kappa shape index (κ3) is 7.24. The van der Waals surface area contributed by atoms with Crippen LogP contribution >= 0.6 is 0 Å². The van der Waals surface area contributed by atoms with E-state index in [1.807, 2.05) is 25.1 Å². The molecule has 11 heteroatoms. The van der Waals surface area contributed by atoms with Crippen LogP contribution in [0, 0.1) is 6.92 Å². The van der Waals surface area contributed by atoms with E-state index in [0.29, 0.717) is 49.1 Å². The van der Waals surface area contributed by atoms with Gasteiger partial charge in [-0.1, -0.05) is 38.0 Å². The SMILES string of the molecule is COc1cc(OCCCO[Si](C)(C)C(C)(C)C)ccc1CC1=C(C)CC(C)(N)C(S(=O)(=O)O)C1(C)c1ccnc(C)n1. The van der Waals surface area contributed by atoms with E-state index in [1.165, 1.54) is 0 Å². The zero-order valence-corrected chi connectivity index (χ0v) is 28.7. The molecule has 0 fully saturated rings. The number of rotatable bonds is 11. The van der Waals surface area contributed by atoms with Crippen molar-refractivity contribution >= 4 is 18.4 Å². The average molecular weight is 620 g/mol. The summed E-state index contributed by atoms with van der Waals surface area (Å²) in [5.74, 6) is 1.80. The van der Waals surface area contributed by atoms with Crippen molar-refractivity contribution in [2.24, 2.45) is 5.73 Å². The van der Waals surface area contributed by atoms with Crippen molar-refractivity contribution in [3.63, 3.8) is 0 Å². The lowest BCUT2D eigenvalue weighted by Crippen LogP contribution is -2.64. The Hall–Kier alpha value is -2.31. The van der Waals surface area contributed by atoms with E-state index >= 15 is 0 Å². The molecular formula is C31H49N3O6SSi. The number of nitrogens with zero attached hydrogens (tertiary/aromatic N) is 2. The first-order valence-electron chi connectivity index (χ1n) is 14.4. The molecule has 0 bridgehead atoms. The van der Waals surface area contributed by atoms with E-state index < -0.39 is 34.6 Å². The van der Waals surface area contributed by atoms with Crippen LogP contribution in [0.15, 0.2) is 41.6 Å². The molecule has 0 saturated carbocycles. The molecule has 2 aromatic rings. The highest BCUT2D eigenvalue weighted by Crippen LogP contribution is 2.50. The Labute approximate surface area is 253 Å². The Balaban J connectivity index is 1.91. The minimum Gasteiger partial charge on any atom is -0.496 e. The van der Waals surface area contributed by atoms with Crippen LogP contribution in [0.3, 0.4) is 0 Å². The molecule has 234 valence electrons. The van der Waals surface area contributed by atoms with Crippen LogP contribution in [0.5, 0.6) is 11.5 Å². The number of benzene rings is 1. The lowest BCUT2D eigenvalue weighted by molar-refractivity contribution is 0.233. The summed E-state index contributed by atoms with van der Waals surface area (Å²) in [4.78, 5) is 8.83. The smallest absolute Gasteiger partial charge is 0.270 e. The van der Waals surface area contributed by atoms with Crippen LogP contribution < -0.4 is 15.2 Å². The molecule has 1 aliphatic carbocycles. The summed E-state index contributed by atoms with van der Waals surface area (Å²) in [6.07, 6.45) is 3.04. The second-order valence-electron chi connectivity index (χ2n) is 13.5. The van der Waals surface area contributed by atoms with Crippen LogP contribution in [0.4, 0.5) is 0 Å². The van der Waals surface area contributed by atoms with Crippen LogP contribution in [-0.2, 0) is 26.4 Å². The van der Waals surface area contributed by atoms with Gasteiger partial charge in [-0.15, -0.1) is 0 Å². The molecule has 3 N–H and O–H groups in total. The second-order valence-corrected chi connectivity index (χ2v) is 19.8. The van der Waals surface area contributed by atoms with Gasteiger partial charge in [-0.2, -0.15) is 8.42 Å². The Morgan fingerprint density at radius 1 is 1.14 bits per heavy atom. The number of aryl methyl sites for hydroxylation is 1. The zero-order chi connectivity index (χ0) is 31.7. The second kappa shape index (κ2) is 12.4. The van der Waals surface area contributed by atoms with E-state index in [9.17, 15) is 13.0 Å². The standard InChI is InChI=1S/C31H49N3O6SSi/c1-21-20-30(6,32)28(41(35,36)37)31(7,27-14-15-33-22(2)34-27)25(21)18-23-12-13-24(19-26(23)38-8)39-16-11-17-40-42(9,10)29(3,4)5/h12-15,19,28H,11,16-18,20,32H2,1-10H3,(H,35,36,37). The van der Waals surface area contributed by atoms with Crippen LogP contribution in [0.1, 0.15) is 71.5 Å². The Kier molecular flexibility index (Phi) is 10.1. The number of nitrogens with two attached hydrogens (primary N) is 1. The number of aromatic nitrogens is 2. The molecule has 3 rings (SSSR count). The van der Waals surface area contributed by atoms with E-state index in [0.717, 1.165) is 23.1 Å². The van der Waals surface area contributed by atoms with Gasteiger partial charge in [0.2, 0.25) is 0 Å². The fourth-order valence-electron chi connectivity index (χ4n) is 5.98. The molecule has 3 unspecified atom stereocenters. The Morgan fingerprint density at radius 2 is 1.81 bits per heavy atom. The summed E-state index contributed by atoms with van der Waals surface area (Å²) in [7, 11) is -4.78. The fraction of sp³-hybridized carbons (Fsp3) is 0.613. The van der Waals surface area contributed by atoms with Crippen molar-refractivity contribution < 1.29 is 26.9 Å². The summed E-state index contributed by atoms with van der Waals surface area (Å²) in [5, 5.41) is -1.16. The molecule has 1 aromatic heterocycles. The third-order valence-corrected chi connectivity index (χ3v) is 15.1. The van der Waals surface area contributed by atoms with Gasteiger partial charge in [-0.25, -0.2) is 9.97 Å². The van der Waals surface area contributed by atoms with Crippen molar-refractivity contribution in [2.45, 2.75) is 102 Å². The maximum absolute atomic E-state index is 13.0. The summed E-state index contributed by atoms with van der Waals surface area (Å²) in [6, 6.07) is 7.38. The Bertz CT molecular complexity index is 1420. The van der Waals surface area contributed by atoms with Crippen molar-refractivity contribution in [3.05, 3.63) is 58.7 Å². The van der Waals surface area contributed by atoms with Crippen LogP contribution in [0.2, 0.25) is 18.1 Å². The van der Waals surface area contributed by atoms with E-state index in [4.69, 9.17) is 19.6 Å². The predicted molar refractivity (Wildman–Crippen MR) is 169 cm³/mol. The average Bonchev–Trinajstić information content (AvgIpc) is 2.84. The van der Waals surface area contributed by atoms with Gasteiger partial charge in [-0.05, 0) is 76.4 Å². The monoisotopic (exact) mass is 619 g/mol. The van der Waals surface area contributed by atoms with Gasteiger partial charge in [0, 0.05) is 30.8 Å². The number of ether oxygens (including phenoxy) is 2. The maximum atomic E-state index is 13.0. The molecule has 1 aromatic carbocycles. The van der Waals surface area contributed by atoms with E-state index in [2.05, 4.69) is 43.8 Å². The topological polar surface area (TPSA) is 134 Å². The molecular weight excluding hydrogens is 571 g/mol. The lowest BCUT2D eigenvalue weighted by atomic mass is 9.61. The van der Waals surface area contributed by atoms with E-state index in [-0.39, 0.29) is 5.04 Å². The molecule has 9 nitrogen and oxygen atoms in total. The molecule has 0 aliphatic heterocycles. The van der Waals surface area contributed by atoms with Crippen molar-refractivity contribution in [1.29, 1.82) is 0 Å². The molecule has 0 spiro atoms. The largest absolute Gasteiger partial charge is 0.496 e. The van der Waals surface area contributed by atoms with Crippen molar-refractivity contribution in [2.75, 3.05) is 20.3 Å². The zero-order valence-electron chi connectivity index (χ0n) is 26.9. The van der Waals surface area contributed by atoms with Gasteiger partial charge >= 0.3 is 0 Å². The quantitative estimate of drug-likeness (QED) is 0.139. The minimum atomic E-state index is -4.58.